The molecule has 0 aliphatic rings. The molecule has 0 aliphatic carbocycles. The molecule has 29 heavy (non-hydrogen) atoms. The normalized spacial score (nSPS) is 11.3. The molecule has 1 amide bonds. The van der Waals surface area contributed by atoms with Gasteiger partial charge in [0.1, 0.15) is 11.5 Å². The van der Waals surface area contributed by atoms with Gasteiger partial charge in [0, 0.05) is 12.1 Å². The first-order chi connectivity index (χ1) is 13.8. The SMILES string of the molecule is COc1ccc([N+](=O)[O-])cc1NC(=O)[C@H](C)OC(=O)CCOc1ccccc1C. The van der Waals surface area contributed by atoms with Crippen molar-refractivity contribution in [3.05, 3.63) is 58.1 Å². The highest BCUT2D eigenvalue weighted by Gasteiger charge is 2.21. The number of para-hydroxylation sites is 1. The number of benzene rings is 2. The Morgan fingerprint density at radius 2 is 1.90 bits per heavy atom. The number of nitrogens with one attached hydrogen (secondary N) is 1. The second-order valence-corrected chi connectivity index (χ2v) is 6.13. The standard InChI is InChI=1S/C20H22N2O7/c1-13-6-4-5-7-17(13)28-11-10-19(23)29-14(2)20(24)21-16-12-15(22(25)26)8-9-18(16)27-3/h4-9,12,14H,10-11H2,1-3H3,(H,21,24)/t14-/m0/s1. The van der Waals surface area contributed by atoms with Crippen LogP contribution in [0.5, 0.6) is 11.5 Å². The zero-order valence-electron chi connectivity index (χ0n) is 16.3. The fourth-order valence-electron chi connectivity index (χ4n) is 2.41. The Balaban J connectivity index is 1.88. The molecule has 2 rings (SSSR count). The van der Waals surface area contributed by atoms with Gasteiger partial charge in [-0.1, -0.05) is 18.2 Å². The maximum absolute atomic E-state index is 12.3. The average Bonchev–Trinajstić information content (AvgIpc) is 2.69. The summed E-state index contributed by atoms with van der Waals surface area (Å²) < 4.78 is 15.7. The zero-order chi connectivity index (χ0) is 21.4. The number of amides is 1. The summed E-state index contributed by atoms with van der Waals surface area (Å²) in [5.74, 6) is -0.331. The van der Waals surface area contributed by atoms with Gasteiger partial charge in [-0.05, 0) is 31.5 Å². The molecule has 0 aliphatic heterocycles. The number of rotatable bonds is 9. The van der Waals surface area contributed by atoms with Crippen LogP contribution in [0.4, 0.5) is 11.4 Å². The number of non-ortho nitro benzene ring substituents is 1. The van der Waals surface area contributed by atoms with Crippen molar-refractivity contribution in [1.29, 1.82) is 0 Å². The topological polar surface area (TPSA) is 117 Å². The summed E-state index contributed by atoms with van der Waals surface area (Å²) >= 11 is 0. The molecule has 0 saturated heterocycles. The maximum atomic E-state index is 12.3. The minimum atomic E-state index is -1.11. The lowest BCUT2D eigenvalue weighted by Gasteiger charge is -2.15. The Kier molecular flexibility index (Phi) is 7.53. The van der Waals surface area contributed by atoms with Crippen molar-refractivity contribution < 1.29 is 28.7 Å². The van der Waals surface area contributed by atoms with E-state index in [-0.39, 0.29) is 30.2 Å². The predicted molar refractivity (Wildman–Crippen MR) is 105 cm³/mol. The monoisotopic (exact) mass is 402 g/mol. The predicted octanol–water partition coefficient (Wildman–Crippen LogP) is 3.25. The second kappa shape index (κ2) is 10.1. The summed E-state index contributed by atoms with van der Waals surface area (Å²) in [7, 11) is 1.37. The third kappa shape index (κ3) is 6.20. The highest BCUT2D eigenvalue weighted by atomic mass is 16.6. The summed E-state index contributed by atoms with van der Waals surface area (Å²) in [6.45, 7) is 3.40. The fourth-order valence-corrected chi connectivity index (χ4v) is 2.41. The maximum Gasteiger partial charge on any atom is 0.310 e. The third-order valence-corrected chi connectivity index (χ3v) is 3.99. The Hall–Kier alpha value is -3.62. The van der Waals surface area contributed by atoms with Crippen molar-refractivity contribution in [3.8, 4) is 11.5 Å². The number of hydrogen-bond acceptors (Lipinski definition) is 7. The molecule has 154 valence electrons. The molecule has 9 nitrogen and oxygen atoms in total. The van der Waals surface area contributed by atoms with E-state index in [1.54, 1.807) is 6.07 Å². The van der Waals surface area contributed by atoms with Crippen LogP contribution < -0.4 is 14.8 Å². The fraction of sp³-hybridized carbons (Fsp3) is 0.300. The van der Waals surface area contributed by atoms with Crippen molar-refractivity contribution in [2.75, 3.05) is 19.0 Å². The summed E-state index contributed by atoms with van der Waals surface area (Å²) in [6.07, 6.45) is -1.14. The summed E-state index contributed by atoms with van der Waals surface area (Å²) in [5.41, 5.74) is 0.844. The van der Waals surface area contributed by atoms with E-state index in [1.807, 2.05) is 25.1 Å². The number of aryl methyl sites for hydroxylation is 1. The Bertz CT molecular complexity index is 898. The van der Waals surface area contributed by atoms with E-state index in [1.165, 1.54) is 32.2 Å². The van der Waals surface area contributed by atoms with Crippen LogP contribution in [0.25, 0.3) is 0 Å². The lowest BCUT2D eigenvalue weighted by Crippen LogP contribution is -2.30. The quantitative estimate of drug-likeness (QED) is 0.389. The van der Waals surface area contributed by atoms with Crippen LogP contribution in [0, 0.1) is 17.0 Å². The molecule has 0 radical (unpaired) electrons. The van der Waals surface area contributed by atoms with Crippen molar-refractivity contribution in [2.24, 2.45) is 0 Å². The van der Waals surface area contributed by atoms with Crippen molar-refractivity contribution in [1.82, 2.24) is 0 Å². The zero-order valence-corrected chi connectivity index (χ0v) is 16.3. The summed E-state index contributed by atoms with van der Waals surface area (Å²) in [5, 5.41) is 13.4. The molecule has 0 heterocycles. The number of ether oxygens (including phenoxy) is 3. The molecule has 1 atom stereocenters. The molecule has 1 N–H and O–H groups in total. The van der Waals surface area contributed by atoms with E-state index >= 15 is 0 Å². The molecule has 0 saturated carbocycles. The van der Waals surface area contributed by atoms with E-state index in [2.05, 4.69) is 5.32 Å². The first-order valence-electron chi connectivity index (χ1n) is 8.83. The molecular formula is C20H22N2O7. The van der Waals surface area contributed by atoms with Gasteiger partial charge in [-0.2, -0.15) is 0 Å². The molecule has 0 bridgehead atoms. The van der Waals surface area contributed by atoms with Crippen LogP contribution >= 0.6 is 0 Å². The number of hydrogen-bond donors (Lipinski definition) is 1. The van der Waals surface area contributed by atoms with E-state index in [0.717, 1.165) is 5.56 Å². The number of carbonyl (C=O) groups excluding carboxylic acids is 2. The van der Waals surface area contributed by atoms with Gasteiger partial charge in [0.2, 0.25) is 0 Å². The smallest absolute Gasteiger partial charge is 0.310 e. The van der Waals surface area contributed by atoms with Crippen molar-refractivity contribution >= 4 is 23.3 Å². The van der Waals surface area contributed by atoms with E-state index < -0.39 is 22.9 Å². The molecule has 2 aromatic rings. The number of nitro groups is 1. The Labute approximate surface area is 167 Å². The van der Waals surface area contributed by atoms with Gasteiger partial charge in [0.15, 0.2) is 6.10 Å². The molecule has 0 aromatic heterocycles. The summed E-state index contributed by atoms with van der Waals surface area (Å²) in [4.78, 5) is 34.6. The number of methoxy groups -OCH3 is 1. The molecule has 9 heteroatoms. The average molecular weight is 402 g/mol. The number of nitro benzene ring substituents is 1. The van der Waals surface area contributed by atoms with Crippen molar-refractivity contribution in [2.45, 2.75) is 26.4 Å². The van der Waals surface area contributed by atoms with E-state index in [0.29, 0.717) is 5.75 Å². The van der Waals surface area contributed by atoms with Gasteiger partial charge in [0.25, 0.3) is 11.6 Å². The van der Waals surface area contributed by atoms with Crippen LogP contribution in [0.2, 0.25) is 0 Å². The number of nitrogens with zero attached hydrogens (tertiary/aromatic N) is 1. The molecule has 0 fully saturated rings. The summed E-state index contributed by atoms with van der Waals surface area (Å²) in [6, 6.07) is 11.2. The molecule has 0 unspecified atom stereocenters. The molecular weight excluding hydrogens is 380 g/mol. The van der Waals surface area contributed by atoms with Gasteiger partial charge >= 0.3 is 5.97 Å². The highest BCUT2D eigenvalue weighted by Crippen LogP contribution is 2.29. The van der Waals surface area contributed by atoms with Crippen LogP contribution in [0.3, 0.4) is 0 Å². The van der Waals surface area contributed by atoms with E-state index in [9.17, 15) is 19.7 Å². The minimum absolute atomic E-state index is 0.0356. The van der Waals surface area contributed by atoms with Crippen LogP contribution in [0.1, 0.15) is 18.9 Å². The van der Waals surface area contributed by atoms with Gasteiger partial charge in [0.05, 0.1) is 30.7 Å². The third-order valence-electron chi connectivity index (χ3n) is 3.99. The highest BCUT2D eigenvalue weighted by molar-refractivity contribution is 5.96. The first-order valence-corrected chi connectivity index (χ1v) is 8.83. The van der Waals surface area contributed by atoms with Crippen LogP contribution in [0.15, 0.2) is 42.5 Å². The number of esters is 1. The number of anilines is 1. The molecule has 2 aromatic carbocycles. The Morgan fingerprint density at radius 1 is 1.17 bits per heavy atom. The van der Waals surface area contributed by atoms with E-state index in [4.69, 9.17) is 14.2 Å². The van der Waals surface area contributed by atoms with Crippen LogP contribution in [-0.2, 0) is 14.3 Å². The lowest BCUT2D eigenvalue weighted by atomic mass is 10.2. The molecule has 0 spiro atoms. The van der Waals surface area contributed by atoms with Gasteiger partial charge in [-0.3, -0.25) is 19.7 Å². The lowest BCUT2D eigenvalue weighted by molar-refractivity contribution is -0.384. The van der Waals surface area contributed by atoms with Gasteiger partial charge < -0.3 is 19.5 Å². The largest absolute Gasteiger partial charge is 0.495 e. The van der Waals surface area contributed by atoms with Crippen molar-refractivity contribution in [3.63, 3.8) is 0 Å². The van der Waals surface area contributed by atoms with Crippen LogP contribution in [-0.4, -0.2) is 36.6 Å². The first kappa shape index (κ1) is 21.7. The van der Waals surface area contributed by atoms with Gasteiger partial charge in [-0.15, -0.1) is 0 Å². The Morgan fingerprint density at radius 3 is 2.55 bits per heavy atom. The second-order valence-electron chi connectivity index (χ2n) is 6.13. The minimum Gasteiger partial charge on any atom is -0.495 e. The van der Waals surface area contributed by atoms with Gasteiger partial charge in [-0.25, -0.2) is 0 Å². The number of carbonyl (C=O) groups is 2.